The summed E-state index contributed by atoms with van der Waals surface area (Å²) in [5.41, 5.74) is 2.86. The molecule has 3 heteroatoms. The van der Waals surface area contributed by atoms with Crippen molar-refractivity contribution < 1.29 is 0 Å². The maximum atomic E-state index is 8.78. The third-order valence-corrected chi connectivity index (χ3v) is 4.31. The monoisotopic (exact) mass is 321 g/mol. The number of nitrogens with zero attached hydrogens (tertiary/aromatic N) is 3. The predicted octanol–water partition coefficient (Wildman–Crippen LogP) is 5.70. The highest BCUT2D eigenvalue weighted by Gasteiger charge is 2.02. The van der Waals surface area contributed by atoms with Gasteiger partial charge in [0.2, 0.25) is 0 Å². The summed E-state index contributed by atoms with van der Waals surface area (Å²) in [4.78, 5) is 8.47. The third-order valence-electron chi connectivity index (χ3n) is 4.31. The molecule has 3 nitrogen and oxygen atoms in total. The van der Waals surface area contributed by atoms with E-state index < -0.39 is 0 Å². The van der Waals surface area contributed by atoms with Gasteiger partial charge in [-0.1, -0.05) is 76.1 Å². The second-order valence-electron chi connectivity index (χ2n) is 6.33. The van der Waals surface area contributed by atoms with Crippen LogP contribution in [0.2, 0.25) is 0 Å². The lowest BCUT2D eigenvalue weighted by Gasteiger charge is -2.04. The van der Waals surface area contributed by atoms with Crippen molar-refractivity contribution >= 4 is 0 Å². The number of rotatable bonds is 10. The Morgan fingerprint density at radius 2 is 1.42 bits per heavy atom. The molecule has 126 valence electrons. The molecule has 1 aromatic heterocycles. The first kappa shape index (κ1) is 18.1. The Morgan fingerprint density at radius 1 is 0.833 bits per heavy atom. The van der Waals surface area contributed by atoms with Crippen molar-refractivity contribution in [2.45, 2.75) is 64.7 Å². The van der Waals surface area contributed by atoms with E-state index in [1.807, 2.05) is 6.07 Å². The van der Waals surface area contributed by atoms with Crippen LogP contribution >= 0.6 is 0 Å². The molecule has 0 aliphatic carbocycles. The van der Waals surface area contributed by atoms with Crippen LogP contribution in [-0.2, 0) is 6.42 Å². The minimum absolute atomic E-state index is 0.491. The molecule has 0 spiro atoms. The van der Waals surface area contributed by atoms with Gasteiger partial charge in [-0.05, 0) is 18.4 Å². The normalized spacial score (nSPS) is 10.5. The van der Waals surface area contributed by atoms with Crippen molar-refractivity contribution in [1.29, 1.82) is 5.26 Å². The van der Waals surface area contributed by atoms with Gasteiger partial charge in [0.05, 0.1) is 5.56 Å². The maximum Gasteiger partial charge on any atom is 0.159 e. The Morgan fingerprint density at radius 3 is 2.00 bits per heavy atom. The average Bonchev–Trinajstić information content (AvgIpc) is 2.64. The van der Waals surface area contributed by atoms with E-state index in [2.05, 4.69) is 41.2 Å². The number of aryl methyl sites for hydroxylation is 1. The molecule has 1 aromatic carbocycles. The smallest absolute Gasteiger partial charge is 0.159 e. The first-order valence-corrected chi connectivity index (χ1v) is 9.15. The van der Waals surface area contributed by atoms with Crippen LogP contribution in [0.1, 0.15) is 69.4 Å². The fraction of sp³-hybridized carbons (Fsp3) is 0.476. The van der Waals surface area contributed by atoms with Crippen LogP contribution in [0.15, 0.2) is 36.7 Å². The lowest BCUT2D eigenvalue weighted by molar-refractivity contribution is 0.575. The van der Waals surface area contributed by atoms with Crippen LogP contribution in [0.3, 0.4) is 0 Å². The summed E-state index contributed by atoms with van der Waals surface area (Å²) in [5.74, 6) is 0.674. The second kappa shape index (κ2) is 10.5. The van der Waals surface area contributed by atoms with Crippen molar-refractivity contribution in [1.82, 2.24) is 9.97 Å². The van der Waals surface area contributed by atoms with Crippen molar-refractivity contribution in [3.8, 4) is 17.5 Å². The molecule has 24 heavy (non-hydrogen) atoms. The summed E-state index contributed by atoms with van der Waals surface area (Å²) in [6.07, 6.45) is 15.1. The van der Waals surface area contributed by atoms with Crippen molar-refractivity contribution in [2.24, 2.45) is 0 Å². The Labute approximate surface area is 145 Å². The summed E-state index contributed by atoms with van der Waals surface area (Å²) in [6.45, 7) is 2.26. The zero-order valence-electron chi connectivity index (χ0n) is 14.7. The van der Waals surface area contributed by atoms with Gasteiger partial charge in [0.15, 0.2) is 5.82 Å². The lowest BCUT2D eigenvalue weighted by Crippen LogP contribution is -1.91. The Balaban J connectivity index is 1.71. The highest BCUT2D eigenvalue weighted by Crippen LogP contribution is 2.17. The summed E-state index contributed by atoms with van der Waals surface area (Å²) >= 11 is 0. The van der Waals surface area contributed by atoms with Gasteiger partial charge in [-0.3, -0.25) is 0 Å². The van der Waals surface area contributed by atoms with E-state index in [0.717, 1.165) is 12.0 Å². The van der Waals surface area contributed by atoms with Gasteiger partial charge in [-0.15, -0.1) is 0 Å². The summed E-state index contributed by atoms with van der Waals surface area (Å²) in [6, 6.07) is 10.5. The van der Waals surface area contributed by atoms with Crippen LogP contribution in [0.25, 0.3) is 11.4 Å². The molecule has 0 saturated carbocycles. The van der Waals surface area contributed by atoms with Crippen LogP contribution in [-0.4, -0.2) is 9.97 Å². The van der Waals surface area contributed by atoms with E-state index in [1.165, 1.54) is 56.9 Å². The Bertz CT molecular complexity index is 624. The van der Waals surface area contributed by atoms with Crippen LogP contribution in [0.5, 0.6) is 0 Å². The van der Waals surface area contributed by atoms with E-state index in [9.17, 15) is 0 Å². The van der Waals surface area contributed by atoms with Gasteiger partial charge in [-0.25, -0.2) is 9.97 Å². The Hall–Kier alpha value is -2.21. The van der Waals surface area contributed by atoms with Gasteiger partial charge < -0.3 is 0 Å². The molecule has 1 heterocycles. The zero-order chi connectivity index (χ0) is 17.0. The van der Waals surface area contributed by atoms with Crippen molar-refractivity contribution in [3.05, 3.63) is 47.8 Å². The number of aromatic nitrogens is 2. The Kier molecular flexibility index (Phi) is 7.97. The molecule has 0 atom stereocenters. The predicted molar refractivity (Wildman–Crippen MR) is 98.5 cm³/mol. The molecule has 2 aromatic rings. The number of benzene rings is 1. The molecule has 0 bridgehead atoms. The van der Waals surface area contributed by atoms with Gasteiger partial charge in [-0.2, -0.15) is 5.26 Å². The molecule has 0 N–H and O–H groups in total. The lowest BCUT2D eigenvalue weighted by atomic mass is 10.0. The second-order valence-corrected chi connectivity index (χ2v) is 6.33. The first-order chi connectivity index (χ1) is 11.8. The van der Waals surface area contributed by atoms with Crippen LogP contribution in [0, 0.1) is 11.3 Å². The van der Waals surface area contributed by atoms with Gasteiger partial charge in [0, 0.05) is 18.0 Å². The van der Waals surface area contributed by atoms with Crippen LogP contribution < -0.4 is 0 Å². The molecule has 0 aliphatic heterocycles. The molecule has 0 radical (unpaired) electrons. The topological polar surface area (TPSA) is 49.6 Å². The minimum Gasteiger partial charge on any atom is -0.235 e. The van der Waals surface area contributed by atoms with Crippen molar-refractivity contribution in [2.75, 3.05) is 0 Å². The highest BCUT2D eigenvalue weighted by molar-refractivity contribution is 5.55. The summed E-state index contributed by atoms with van der Waals surface area (Å²) in [5, 5.41) is 8.78. The molecule has 0 unspecified atom stereocenters. The van der Waals surface area contributed by atoms with Crippen molar-refractivity contribution in [3.63, 3.8) is 0 Å². The number of unbranched alkanes of at least 4 members (excludes halogenated alkanes) is 7. The van der Waals surface area contributed by atoms with E-state index in [1.54, 1.807) is 12.4 Å². The SMILES string of the molecule is CCCCCCCCCCc1ccc(-c2ncc(C#N)cn2)cc1. The van der Waals surface area contributed by atoms with E-state index >= 15 is 0 Å². The van der Waals surface area contributed by atoms with E-state index in [0.29, 0.717) is 11.4 Å². The standard InChI is InChI=1S/C21H27N3/c1-2-3-4-5-6-7-8-9-10-18-11-13-20(14-12-18)21-23-16-19(15-22)17-24-21/h11-14,16-17H,2-10H2,1H3. The summed E-state index contributed by atoms with van der Waals surface area (Å²) in [7, 11) is 0. The quantitative estimate of drug-likeness (QED) is 0.527. The third kappa shape index (κ3) is 6.12. The van der Waals surface area contributed by atoms with E-state index in [-0.39, 0.29) is 0 Å². The molecular formula is C21H27N3. The van der Waals surface area contributed by atoms with Gasteiger partial charge in [0.1, 0.15) is 6.07 Å². The molecular weight excluding hydrogens is 294 g/mol. The van der Waals surface area contributed by atoms with Gasteiger partial charge >= 0.3 is 0 Å². The average molecular weight is 321 g/mol. The van der Waals surface area contributed by atoms with Crippen LogP contribution in [0.4, 0.5) is 0 Å². The number of hydrogen-bond acceptors (Lipinski definition) is 3. The van der Waals surface area contributed by atoms with E-state index in [4.69, 9.17) is 5.26 Å². The molecule has 0 fully saturated rings. The molecule has 0 aliphatic rings. The highest BCUT2D eigenvalue weighted by atomic mass is 14.9. The minimum atomic E-state index is 0.491. The molecule has 0 amide bonds. The van der Waals surface area contributed by atoms with Gasteiger partial charge in [0.25, 0.3) is 0 Å². The fourth-order valence-corrected chi connectivity index (χ4v) is 2.82. The number of nitriles is 1. The molecule has 2 rings (SSSR count). The maximum absolute atomic E-state index is 8.78. The zero-order valence-corrected chi connectivity index (χ0v) is 14.7. The largest absolute Gasteiger partial charge is 0.235 e. The fourth-order valence-electron chi connectivity index (χ4n) is 2.82. The first-order valence-electron chi connectivity index (χ1n) is 9.15. The number of hydrogen-bond donors (Lipinski definition) is 0. The molecule has 0 saturated heterocycles. The summed E-state index contributed by atoms with van der Waals surface area (Å²) < 4.78 is 0.